The van der Waals surface area contributed by atoms with Crippen LogP contribution in [0.3, 0.4) is 0 Å². The normalized spacial score (nSPS) is 21.6. The van der Waals surface area contributed by atoms with Crippen LogP contribution in [0.15, 0.2) is 53.3 Å². The molecule has 37 heavy (non-hydrogen) atoms. The maximum atomic E-state index is 13.5. The van der Waals surface area contributed by atoms with E-state index in [1.165, 1.54) is 0 Å². The summed E-state index contributed by atoms with van der Waals surface area (Å²) in [5, 5.41) is 8.56. The van der Waals surface area contributed by atoms with E-state index in [1.54, 1.807) is 6.07 Å². The number of anilines is 1. The van der Waals surface area contributed by atoms with E-state index in [4.69, 9.17) is 11.6 Å². The number of rotatable bonds is 4. The highest BCUT2D eigenvalue weighted by molar-refractivity contribution is 6.31. The van der Waals surface area contributed by atoms with Crippen molar-refractivity contribution in [2.75, 3.05) is 18.0 Å². The average molecular weight is 521 g/mol. The molecular formula is C30H37ClN4O2. The first-order valence-corrected chi connectivity index (χ1v) is 13.6. The minimum absolute atomic E-state index is 0.0391. The van der Waals surface area contributed by atoms with Gasteiger partial charge in [0.1, 0.15) is 5.69 Å². The first-order chi connectivity index (χ1) is 17.5. The zero-order valence-corrected chi connectivity index (χ0v) is 22.9. The number of halogens is 1. The molecule has 6 nitrogen and oxygen atoms in total. The Morgan fingerprint density at radius 1 is 1.05 bits per heavy atom. The summed E-state index contributed by atoms with van der Waals surface area (Å²) in [4.78, 5) is 32.2. The molecule has 0 spiro atoms. The maximum absolute atomic E-state index is 13.5. The van der Waals surface area contributed by atoms with Gasteiger partial charge < -0.3 is 20.5 Å². The van der Waals surface area contributed by atoms with Crippen molar-refractivity contribution in [3.8, 4) is 11.1 Å². The lowest BCUT2D eigenvalue weighted by Crippen LogP contribution is -2.62. The molecule has 1 aromatic heterocycles. The third-order valence-electron chi connectivity index (χ3n) is 7.66. The zero-order chi connectivity index (χ0) is 26.4. The molecule has 3 aromatic rings. The van der Waals surface area contributed by atoms with Crippen LogP contribution in [-0.4, -0.2) is 41.1 Å². The number of aromatic amines is 1. The zero-order valence-electron chi connectivity index (χ0n) is 22.2. The Morgan fingerprint density at radius 2 is 1.76 bits per heavy atom. The number of carbonyl (C=O) groups is 1. The standard InChI is InChI=1S/C30H37ClN4O2/c1-29(2)16-22(17-30(3,4)34-29)32-27(36)20-11-8-14-35(18-20)26-25(19-9-6-5-7-10-19)23-15-21(31)12-13-24(23)33-28(26)37/h5-7,9-10,12-13,15,20,22,34H,8,11,14,16-18H2,1-4H3,(H,32,36)(H,33,37). The molecule has 0 saturated carbocycles. The third kappa shape index (κ3) is 5.55. The van der Waals surface area contributed by atoms with Crippen molar-refractivity contribution in [1.82, 2.24) is 15.6 Å². The van der Waals surface area contributed by atoms with Crippen molar-refractivity contribution in [2.45, 2.75) is 70.5 Å². The Hall–Kier alpha value is -2.83. The summed E-state index contributed by atoms with van der Waals surface area (Å²) in [6.07, 6.45) is 3.45. The van der Waals surface area contributed by atoms with Gasteiger partial charge >= 0.3 is 0 Å². The lowest BCUT2D eigenvalue weighted by Gasteiger charge is -2.47. The fourth-order valence-electron chi connectivity index (χ4n) is 6.59. The van der Waals surface area contributed by atoms with Crippen molar-refractivity contribution in [1.29, 1.82) is 0 Å². The maximum Gasteiger partial charge on any atom is 0.272 e. The summed E-state index contributed by atoms with van der Waals surface area (Å²) in [5.74, 6) is -0.0855. The number of nitrogens with zero attached hydrogens (tertiary/aromatic N) is 1. The Labute approximate surface area is 223 Å². The molecule has 2 aromatic carbocycles. The van der Waals surface area contributed by atoms with Crippen LogP contribution >= 0.6 is 11.6 Å². The molecule has 2 saturated heterocycles. The van der Waals surface area contributed by atoms with Crippen molar-refractivity contribution >= 4 is 34.1 Å². The lowest BCUT2D eigenvalue weighted by atomic mass is 9.79. The minimum Gasteiger partial charge on any atom is -0.366 e. The largest absolute Gasteiger partial charge is 0.366 e. The highest BCUT2D eigenvalue weighted by atomic mass is 35.5. The van der Waals surface area contributed by atoms with E-state index in [0.717, 1.165) is 54.3 Å². The quantitative estimate of drug-likeness (QED) is 0.425. The summed E-state index contributed by atoms with van der Waals surface area (Å²) in [7, 11) is 0. The van der Waals surface area contributed by atoms with Crippen LogP contribution in [0.2, 0.25) is 5.02 Å². The second kappa shape index (κ2) is 9.80. The summed E-state index contributed by atoms with van der Waals surface area (Å²) in [6, 6.07) is 15.6. The predicted octanol–water partition coefficient (Wildman–Crippen LogP) is 5.49. The van der Waals surface area contributed by atoms with E-state index in [-0.39, 0.29) is 34.5 Å². The van der Waals surface area contributed by atoms with E-state index < -0.39 is 0 Å². The highest BCUT2D eigenvalue weighted by Gasteiger charge is 2.39. The Bertz CT molecular complexity index is 1350. The van der Waals surface area contributed by atoms with Crippen LogP contribution in [0.5, 0.6) is 0 Å². The number of fused-ring (bicyclic) bond motifs is 1. The second-order valence-electron chi connectivity index (χ2n) is 12.0. The highest BCUT2D eigenvalue weighted by Crippen LogP contribution is 2.37. The van der Waals surface area contributed by atoms with E-state index in [0.29, 0.717) is 17.3 Å². The van der Waals surface area contributed by atoms with Crippen LogP contribution < -0.4 is 21.1 Å². The van der Waals surface area contributed by atoms with Gasteiger partial charge in [0.15, 0.2) is 0 Å². The van der Waals surface area contributed by atoms with Crippen molar-refractivity contribution in [2.24, 2.45) is 5.92 Å². The van der Waals surface area contributed by atoms with Gasteiger partial charge in [-0.05, 0) is 77.1 Å². The molecule has 2 aliphatic heterocycles. The van der Waals surface area contributed by atoms with E-state index >= 15 is 0 Å². The number of piperidine rings is 2. The number of hydrogen-bond donors (Lipinski definition) is 3. The van der Waals surface area contributed by atoms with Crippen LogP contribution in [-0.2, 0) is 4.79 Å². The van der Waals surface area contributed by atoms with Gasteiger partial charge in [-0.2, -0.15) is 0 Å². The molecule has 2 fully saturated rings. The Morgan fingerprint density at radius 3 is 2.46 bits per heavy atom. The molecule has 0 aliphatic carbocycles. The number of nitrogens with one attached hydrogen (secondary N) is 3. The topological polar surface area (TPSA) is 77.2 Å². The molecule has 7 heteroatoms. The molecule has 1 amide bonds. The van der Waals surface area contributed by atoms with Gasteiger partial charge in [0.25, 0.3) is 5.56 Å². The summed E-state index contributed by atoms with van der Waals surface area (Å²) in [6.45, 7) is 10.0. The van der Waals surface area contributed by atoms with Gasteiger partial charge in [0.05, 0.1) is 5.92 Å². The van der Waals surface area contributed by atoms with Gasteiger partial charge in [-0.1, -0.05) is 41.9 Å². The fourth-order valence-corrected chi connectivity index (χ4v) is 6.76. The molecule has 0 bridgehead atoms. The van der Waals surface area contributed by atoms with Gasteiger partial charge in [-0.3, -0.25) is 9.59 Å². The van der Waals surface area contributed by atoms with Gasteiger partial charge in [-0.15, -0.1) is 0 Å². The van der Waals surface area contributed by atoms with Crippen molar-refractivity contribution in [3.05, 3.63) is 63.9 Å². The summed E-state index contributed by atoms with van der Waals surface area (Å²) < 4.78 is 0. The van der Waals surface area contributed by atoms with Gasteiger partial charge in [0.2, 0.25) is 5.91 Å². The summed E-state index contributed by atoms with van der Waals surface area (Å²) >= 11 is 6.39. The third-order valence-corrected chi connectivity index (χ3v) is 7.89. The number of carbonyl (C=O) groups excluding carboxylic acids is 1. The van der Waals surface area contributed by atoms with Crippen LogP contribution in [0.25, 0.3) is 22.0 Å². The molecule has 1 unspecified atom stereocenters. The first kappa shape index (κ1) is 25.8. The monoisotopic (exact) mass is 520 g/mol. The van der Waals surface area contributed by atoms with E-state index in [9.17, 15) is 9.59 Å². The Balaban J connectivity index is 1.46. The number of amides is 1. The van der Waals surface area contributed by atoms with E-state index in [1.807, 2.05) is 42.5 Å². The number of H-pyrrole nitrogens is 1. The second-order valence-corrected chi connectivity index (χ2v) is 12.5. The number of hydrogen-bond acceptors (Lipinski definition) is 4. The van der Waals surface area contributed by atoms with Gasteiger partial charge in [0, 0.05) is 51.7 Å². The Kier molecular flexibility index (Phi) is 6.84. The van der Waals surface area contributed by atoms with Crippen LogP contribution in [0, 0.1) is 5.92 Å². The minimum atomic E-state index is -0.173. The van der Waals surface area contributed by atoms with Crippen molar-refractivity contribution in [3.63, 3.8) is 0 Å². The SMILES string of the molecule is CC1(C)CC(NC(=O)C2CCCN(c3c(-c4ccccc4)c4cc(Cl)ccc4[nH]c3=O)C2)CC(C)(C)N1. The molecule has 0 radical (unpaired) electrons. The number of pyridine rings is 1. The molecule has 196 valence electrons. The molecule has 3 heterocycles. The smallest absolute Gasteiger partial charge is 0.272 e. The first-order valence-electron chi connectivity index (χ1n) is 13.3. The molecular weight excluding hydrogens is 484 g/mol. The van der Waals surface area contributed by atoms with Crippen LogP contribution in [0.1, 0.15) is 53.4 Å². The summed E-state index contributed by atoms with van der Waals surface area (Å²) in [5.41, 5.74) is 2.97. The predicted molar refractivity (Wildman–Crippen MR) is 152 cm³/mol. The molecule has 3 N–H and O–H groups in total. The van der Waals surface area contributed by atoms with Crippen molar-refractivity contribution < 1.29 is 4.79 Å². The number of aromatic nitrogens is 1. The molecule has 5 rings (SSSR count). The lowest BCUT2D eigenvalue weighted by molar-refractivity contribution is -0.126. The van der Waals surface area contributed by atoms with Gasteiger partial charge in [-0.25, -0.2) is 0 Å². The van der Waals surface area contributed by atoms with Crippen LogP contribution in [0.4, 0.5) is 5.69 Å². The average Bonchev–Trinajstić information content (AvgIpc) is 2.82. The number of benzene rings is 2. The molecule has 1 atom stereocenters. The van der Waals surface area contributed by atoms with E-state index in [2.05, 4.69) is 48.2 Å². The molecule has 2 aliphatic rings. The fraction of sp³-hybridized carbons (Fsp3) is 0.467.